The second kappa shape index (κ2) is 7.54. The number of likely N-dealkylation sites (tertiary alicyclic amines) is 1. The monoisotopic (exact) mass is 373 g/mol. The SMILES string of the molecule is CCn1c(CC2CCN(C(=O)c3cc(C)c(C)n(C)c3=O)CC2)n[nH]c1=O. The molecule has 8 heteroatoms. The lowest BCUT2D eigenvalue weighted by atomic mass is 9.93. The van der Waals surface area contributed by atoms with Gasteiger partial charge in [0.05, 0.1) is 0 Å². The highest BCUT2D eigenvalue weighted by Gasteiger charge is 2.27. The maximum Gasteiger partial charge on any atom is 0.343 e. The molecule has 1 saturated heterocycles. The van der Waals surface area contributed by atoms with Gasteiger partial charge in [0.2, 0.25) is 0 Å². The van der Waals surface area contributed by atoms with E-state index in [-0.39, 0.29) is 22.7 Å². The zero-order valence-electron chi connectivity index (χ0n) is 16.4. The molecule has 0 unspecified atom stereocenters. The van der Waals surface area contributed by atoms with Crippen LogP contribution in [0.5, 0.6) is 0 Å². The number of aromatic amines is 1. The van der Waals surface area contributed by atoms with Crippen LogP contribution in [-0.2, 0) is 20.0 Å². The van der Waals surface area contributed by atoms with Gasteiger partial charge in [-0.15, -0.1) is 0 Å². The highest BCUT2D eigenvalue weighted by atomic mass is 16.2. The molecule has 0 atom stereocenters. The Kier molecular flexibility index (Phi) is 5.34. The molecule has 27 heavy (non-hydrogen) atoms. The number of carbonyl (C=O) groups is 1. The van der Waals surface area contributed by atoms with E-state index in [9.17, 15) is 14.4 Å². The van der Waals surface area contributed by atoms with E-state index in [2.05, 4.69) is 10.2 Å². The highest BCUT2D eigenvalue weighted by molar-refractivity contribution is 5.94. The molecule has 8 nitrogen and oxygen atoms in total. The highest BCUT2D eigenvalue weighted by Crippen LogP contribution is 2.22. The molecular formula is C19H27N5O3. The average Bonchev–Trinajstić information content (AvgIpc) is 3.02. The van der Waals surface area contributed by atoms with Crippen molar-refractivity contribution in [3.8, 4) is 0 Å². The van der Waals surface area contributed by atoms with Crippen molar-refractivity contribution < 1.29 is 4.79 Å². The van der Waals surface area contributed by atoms with Crippen molar-refractivity contribution >= 4 is 5.91 Å². The van der Waals surface area contributed by atoms with Crippen LogP contribution in [0.4, 0.5) is 0 Å². The lowest BCUT2D eigenvalue weighted by molar-refractivity contribution is 0.0687. The molecule has 0 radical (unpaired) electrons. The van der Waals surface area contributed by atoms with Crippen molar-refractivity contribution in [2.75, 3.05) is 13.1 Å². The Bertz CT molecular complexity index is 961. The first-order valence-corrected chi connectivity index (χ1v) is 9.44. The summed E-state index contributed by atoms with van der Waals surface area (Å²) in [5, 5.41) is 6.63. The number of H-pyrrole nitrogens is 1. The Morgan fingerprint density at radius 3 is 2.56 bits per heavy atom. The third-order valence-corrected chi connectivity index (χ3v) is 5.73. The summed E-state index contributed by atoms with van der Waals surface area (Å²) in [7, 11) is 1.70. The fourth-order valence-electron chi connectivity index (χ4n) is 3.73. The van der Waals surface area contributed by atoms with E-state index in [0.29, 0.717) is 25.6 Å². The first kappa shape index (κ1) is 19.1. The average molecular weight is 373 g/mol. The molecule has 1 aliphatic rings. The quantitative estimate of drug-likeness (QED) is 0.865. The summed E-state index contributed by atoms with van der Waals surface area (Å²) in [6.45, 7) is 7.53. The smallest absolute Gasteiger partial charge is 0.338 e. The van der Waals surface area contributed by atoms with E-state index in [1.165, 1.54) is 4.57 Å². The van der Waals surface area contributed by atoms with Crippen LogP contribution in [0.2, 0.25) is 0 Å². The molecule has 0 bridgehead atoms. The molecule has 1 amide bonds. The van der Waals surface area contributed by atoms with Crippen molar-refractivity contribution in [3.63, 3.8) is 0 Å². The van der Waals surface area contributed by atoms with E-state index >= 15 is 0 Å². The fourth-order valence-corrected chi connectivity index (χ4v) is 3.73. The zero-order valence-corrected chi connectivity index (χ0v) is 16.4. The van der Waals surface area contributed by atoms with Gasteiger partial charge in [0.1, 0.15) is 11.4 Å². The summed E-state index contributed by atoms with van der Waals surface area (Å²) >= 11 is 0. The van der Waals surface area contributed by atoms with Crippen LogP contribution in [0.15, 0.2) is 15.7 Å². The third-order valence-electron chi connectivity index (χ3n) is 5.73. The number of aromatic nitrogens is 4. The van der Waals surface area contributed by atoms with Gasteiger partial charge in [-0.3, -0.25) is 14.2 Å². The predicted molar refractivity (Wildman–Crippen MR) is 102 cm³/mol. The fraction of sp³-hybridized carbons (Fsp3) is 0.579. The van der Waals surface area contributed by atoms with Crippen molar-refractivity contribution in [2.45, 2.75) is 46.6 Å². The van der Waals surface area contributed by atoms with E-state index in [0.717, 1.165) is 36.3 Å². The van der Waals surface area contributed by atoms with Crippen LogP contribution >= 0.6 is 0 Å². The Morgan fingerprint density at radius 2 is 1.93 bits per heavy atom. The van der Waals surface area contributed by atoms with E-state index in [1.54, 1.807) is 22.6 Å². The van der Waals surface area contributed by atoms with Crippen LogP contribution in [0.25, 0.3) is 0 Å². The zero-order chi connectivity index (χ0) is 19.7. The number of pyridine rings is 1. The number of hydrogen-bond acceptors (Lipinski definition) is 4. The predicted octanol–water partition coefficient (Wildman–Crippen LogP) is 1.00. The molecule has 3 heterocycles. The second-order valence-electron chi connectivity index (χ2n) is 7.32. The van der Waals surface area contributed by atoms with Gasteiger partial charge >= 0.3 is 5.69 Å². The lowest BCUT2D eigenvalue weighted by Crippen LogP contribution is -2.42. The number of rotatable bonds is 4. The summed E-state index contributed by atoms with van der Waals surface area (Å²) in [5.41, 5.74) is 1.63. The van der Waals surface area contributed by atoms with Crippen LogP contribution < -0.4 is 11.2 Å². The largest absolute Gasteiger partial charge is 0.343 e. The first-order valence-electron chi connectivity index (χ1n) is 9.44. The van der Waals surface area contributed by atoms with Crippen LogP contribution in [-0.4, -0.2) is 43.2 Å². The van der Waals surface area contributed by atoms with Crippen molar-refractivity contribution in [2.24, 2.45) is 13.0 Å². The minimum Gasteiger partial charge on any atom is -0.338 e. The van der Waals surface area contributed by atoms with Gasteiger partial charge in [-0.2, -0.15) is 5.10 Å². The van der Waals surface area contributed by atoms with Gasteiger partial charge in [-0.1, -0.05) is 0 Å². The standard InChI is InChI=1S/C19H27N5O3/c1-5-24-16(20-21-19(24)27)11-14-6-8-23(9-7-14)18(26)15-10-12(2)13(3)22(4)17(15)25/h10,14H,5-9,11H2,1-4H3,(H,21,27). The van der Waals surface area contributed by atoms with E-state index < -0.39 is 0 Å². The molecule has 2 aromatic rings. The van der Waals surface area contributed by atoms with Gasteiger partial charge in [-0.05, 0) is 51.2 Å². The van der Waals surface area contributed by atoms with Gasteiger partial charge in [-0.25, -0.2) is 9.89 Å². The Labute approximate surface area is 157 Å². The number of nitrogens with zero attached hydrogens (tertiary/aromatic N) is 4. The number of hydrogen-bond donors (Lipinski definition) is 1. The molecule has 2 aromatic heterocycles. The molecule has 0 aromatic carbocycles. The molecule has 0 saturated carbocycles. The molecule has 0 aliphatic carbocycles. The summed E-state index contributed by atoms with van der Waals surface area (Å²) in [6.07, 6.45) is 2.39. The Hall–Kier alpha value is -2.64. The lowest BCUT2D eigenvalue weighted by Gasteiger charge is -2.32. The number of aryl methyl sites for hydroxylation is 1. The van der Waals surface area contributed by atoms with Crippen LogP contribution in [0.3, 0.4) is 0 Å². The molecular weight excluding hydrogens is 346 g/mol. The third kappa shape index (κ3) is 3.61. The Balaban J connectivity index is 1.68. The molecule has 146 valence electrons. The summed E-state index contributed by atoms with van der Waals surface area (Å²) < 4.78 is 3.19. The van der Waals surface area contributed by atoms with Gasteiger partial charge in [0.15, 0.2) is 0 Å². The normalized spacial score (nSPS) is 15.3. The molecule has 1 aliphatic heterocycles. The number of nitrogens with one attached hydrogen (secondary N) is 1. The van der Waals surface area contributed by atoms with E-state index in [4.69, 9.17) is 0 Å². The molecule has 1 N–H and O–H groups in total. The van der Waals surface area contributed by atoms with Gasteiger partial charge < -0.3 is 9.47 Å². The van der Waals surface area contributed by atoms with Crippen LogP contribution in [0.1, 0.15) is 47.2 Å². The van der Waals surface area contributed by atoms with Gasteiger partial charge in [0.25, 0.3) is 11.5 Å². The molecule has 0 spiro atoms. The Morgan fingerprint density at radius 1 is 1.26 bits per heavy atom. The first-order chi connectivity index (χ1) is 12.8. The van der Waals surface area contributed by atoms with Crippen molar-refractivity contribution in [1.29, 1.82) is 0 Å². The summed E-state index contributed by atoms with van der Waals surface area (Å²) in [5.74, 6) is 0.954. The number of carbonyl (C=O) groups excluding carboxylic acids is 1. The van der Waals surface area contributed by atoms with Crippen LogP contribution in [0, 0.1) is 19.8 Å². The van der Waals surface area contributed by atoms with Crippen molar-refractivity contribution in [3.05, 3.63) is 49.5 Å². The maximum atomic E-state index is 12.9. The summed E-state index contributed by atoms with van der Waals surface area (Å²) in [4.78, 5) is 38.8. The minimum atomic E-state index is -0.242. The number of piperidine rings is 1. The minimum absolute atomic E-state index is 0.175. The van der Waals surface area contributed by atoms with Crippen molar-refractivity contribution in [1.82, 2.24) is 24.2 Å². The van der Waals surface area contributed by atoms with E-state index in [1.807, 2.05) is 20.8 Å². The summed E-state index contributed by atoms with van der Waals surface area (Å²) in [6, 6.07) is 1.70. The number of amides is 1. The topological polar surface area (TPSA) is 93.0 Å². The van der Waals surface area contributed by atoms with Gasteiger partial charge in [0, 0.05) is 38.8 Å². The maximum absolute atomic E-state index is 12.9. The molecule has 3 rings (SSSR count). The second-order valence-corrected chi connectivity index (χ2v) is 7.32. The molecule has 1 fully saturated rings.